The molecule has 0 amide bonds. The molecule has 1 heterocycles. The van der Waals surface area contributed by atoms with Crippen molar-refractivity contribution in [3.8, 4) is 0 Å². The van der Waals surface area contributed by atoms with Gasteiger partial charge in [0, 0.05) is 8.27 Å². The number of hydrogen-bond donors (Lipinski definition) is 0. The molecule has 1 aromatic carbocycles. The molecule has 68 valence electrons. The third-order valence-corrected chi connectivity index (χ3v) is 5.72. The van der Waals surface area contributed by atoms with Crippen molar-refractivity contribution in [2.45, 2.75) is 13.3 Å². The molecule has 0 saturated carbocycles. The van der Waals surface area contributed by atoms with Gasteiger partial charge in [-0.3, -0.25) is 0 Å². The molecular weight excluding hydrogens is 406 g/mol. The molecule has 0 nitrogen and oxygen atoms in total. The summed E-state index contributed by atoms with van der Waals surface area (Å²) in [7, 11) is 0. The van der Waals surface area contributed by atoms with Gasteiger partial charge in [0.15, 0.2) is 0 Å². The van der Waals surface area contributed by atoms with Crippen LogP contribution in [0, 0.1) is 6.45 Å². The molecule has 0 fully saturated rings. The van der Waals surface area contributed by atoms with E-state index in [1.54, 1.807) is 0 Å². The Bertz CT molecular complexity index is 445. The maximum absolute atomic E-state index is 2.45. The minimum absolute atomic E-state index is 1.14. The predicted octanol–water partition coefficient (Wildman–Crippen LogP) is 4.67. The Kier molecular flexibility index (Phi) is 3.14. The van der Waals surface area contributed by atoms with Crippen molar-refractivity contribution < 1.29 is 0 Å². The SMILES string of the molecule is CCc1c(I)sc2c(I)cccc12. The molecule has 1 aromatic heterocycles. The molecule has 0 aliphatic heterocycles. The van der Waals surface area contributed by atoms with Crippen LogP contribution in [-0.4, -0.2) is 0 Å². The van der Waals surface area contributed by atoms with Crippen molar-refractivity contribution in [1.29, 1.82) is 0 Å². The van der Waals surface area contributed by atoms with Crippen molar-refractivity contribution in [3.63, 3.8) is 0 Å². The molecule has 0 radical (unpaired) electrons. The standard InChI is InChI=1S/C10H8I2S/c1-2-6-7-4-3-5-8(11)9(7)13-10(6)12/h3-5H,2H2,1H3. The second kappa shape index (κ2) is 4.02. The van der Waals surface area contributed by atoms with Crippen LogP contribution in [0.5, 0.6) is 0 Å². The Hall–Kier alpha value is 0.640. The molecule has 0 spiro atoms. The molecule has 3 heteroatoms. The number of fused-ring (bicyclic) bond motifs is 1. The van der Waals surface area contributed by atoms with Crippen LogP contribution < -0.4 is 0 Å². The van der Waals surface area contributed by atoms with E-state index in [4.69, 9.17) is 0 Å². The van der Waals surface area contributed by atoms with Crippen LogP contribution in [0.3, 0.4) is 0 Å². The van der Waals surface area contributed by atoms with Gasteiger partial charge in [-0.25, -0.2) is 0 Å². The summed E-state index contributed by atoms with van der Waals surface area (Å²) < 4.78 is 4.27. The molecule has 0 unspecified atom stereocenters. The largest absolute Gasteiger partial charge is 0.128 e. The van der Waals surface area contributed by atoms with Crippen LogP contribution in [0.2, 0.25) is 0 Å². The number of thiophene rings is 1. The maximum atomic E-state index is 2.45. The fraction of sp³-hybridized carbons (Fsp3) is 0.200. The van der Waals surface area contributed by atoms with Gasteiger partial charge in [-0.15, -0.1) is 11.3 Å². The second-order valence-corrected chi connectivity index (χ2v) is 6.82. The molecule has 0 aliphatic rings. The first-order valence-corrected chi connectivity index (χ1v) is 7.06. The first-order chi connectivity index (χ1) is 6.24. The molecule has 0 N–H and O–H groups in total. The molecular formula is C10H8I2S. The van der Waals surface area contributed by atoms with E-state index in [0.29, 0.717) is 0 Å². The molecule has 2 aromatic rings. The van der Waals surface area contributed by atoms with Gasteiger partial charge in [-0.05, 0) is 68.6 Å². The summed E-state index contributed by atoms with van der Waals surface area (Å²) >= 11 is 6.77. The summed E-state index contributed by atoms with van der Waals surface area (Å²) in [5.41, 5.74) is 1.51. The van der Waals surface area contributed by atoms with E-state index in [1.165, 1.54) is 22.1 Å². The van der Waals surface area contributed by atoms with E-state index in [9.17, 15) is 0 Å². The van der Waals surface area contributed by atoms with E-state index in [0.717, 1.165) is 6.42 Å². The van der Waals surface area contributed by atoms with E-state index >= 15 is 0 Å². The third-order valence-electron chi connectivity index (χ3n) is 2.07. The Morgan fingerprint density at radius 3 is 2.77 bits per heavy atom. The van der Waals surface area contributed by atoms with Gasteiger partial charge in [0.1, 0.15) is 0 Å². The van der Waals surface area contributed by atoms with Crippen molar-refractivity contribution in [2.24, 2.45) is 0 Å². The van der Waals surface area contributed by atoms with Gasteiger partial charge in [0.25, 0.3) is 0 Å². The Balaban J connectivity index is 2.86. The van der Waals surface area contributed by atoms with Crippen LogP contribution in [-0.2, 0) is 6.42 Å². The lowest BCUT2D eigenvalue weighted by atomic mass is 10.1. The number of benzene rings is 1. The lowest BCUT2D eigenvalue weighted by molar-refractivity contribution is 1.16. The zero-order valence-corrected chi connectivity index (χ0v) is 12.2. The molecule has 2 rings (SSSR count). The van der Waals surface area contributed by atoms with Gasteiger partial charge in [0.05, 0.1) is 2.88 Å². The van der Waals surface area contributed by atoms with Crippen LogP contribution in [0.4, 0.5) is 0 Å². The van der Waals surface area contributed by atoms with E-state index < -0.39 is 0 Å². The first-order valence-electron chi connectivity index (χ1n) is 4.09. The number of aryl methyl sites for hydroxylation is 1. The zero-order valence-electron chi connectivity index (χ0n) is 7.10. The summed E-state index contributed by atoms with van der Waals surface area (Å²) in [5, 5.41) is 1.45. The summed E-state index contributed by atoms with van der Waals surface area (Å²) in [4.78, 5) is 0. The van der Waals surface area contributed by atoms with Crippen molar-refractivity contribution in [1.82, 2.24) is 0 Å². The lowest BCUT2D eigenvalue weighted by Crippen LogP contribution is -1.79. The third kappa shape index (κ3) is 1.74. The fourth-order valence-electron chi connectivity index (χ4n) is 1.44. The highest BCUT2D eigenvalue weighted by molar-refractivity contribution is 14.1. The zero-order chi connectivity index (χ0) is 9.42. The van der Waals surface area contributed by atoms with Gasteiger partial charge in [0.2, 0.25) is 0 Å². The Morgan fingerprint density at radius 1 is 1.31 bits per heavy atom. The number of hydrogen-bond acceptors (Lipinski definition) is 1. The predicted molar refractivity (Wildman–Crippen MR) is 76.6 cm³/mol. The van der Waals surface area contributed by atoms with E-state index in [1.807, 2.05) is 11.3 Å². The summed E-state index contributed by atoms with van der Waals surface area (Å²) in [5.74, 6) is 0. The molecule has 0 aliphatic carbocycles. The molecule has 0 atom stereocenters. The molecule has 13 heavy (non-hydrogen) atoms. The fourth-order valence-corrected chi connectivity index (χ4v) is 4.62. The number of rotatable bonds is 1. The molecule has 0 saturated heterocycles. The lowest BCUT2D eigenvalue weighted by Gasteiger charge is -1.95. The highest BCUT2D eigenvalue weighted by Gasteiger charge is 2.09. The Morgan fingerprint density at radius 2 is 2.08 bits per heavy atom. The topological polar surface area (TPSA) is 0 Å². The van der Waals surface area contributed by atoms with Crippen molar-refractivity contribution in [3.05, 3.63) is 30.2 Å². The highest BCUT2D eigenvalue weighted by Crippen LogP contribution is 2.35. The summed E-state index contributed by atoms with van der Waals surface area (Å²) in [6.07, 6.45) is 1.14. The van der Waals surface area contributed by atoms with E-state index in [2.05, 4.69) is 70.3 Å². The summed E-state index contributed by atoms with van der Waals surface area (Å²) in [6, 6.07) is 6.55. The highest BCUT2D eigenvalue weighted by atomic mass is 127. The average Bonchev–Trinajstić information content (AvgIpc) is 2.43. The maximum Gasteiger partial charge on any atom is 0.0698 e. The van der Waals surface area contributed by atoms with Crippen molar-refractivity contribution in [2.75, 3.05) is 0 Å². The van der Waals surface area contributed by atoms with Crippen LogP contribution in [0.1, 0.15) is 12.5 Å². The minimum atomic E-state index is 1.14. The van der Waals surface area contributed by atoms with Crippen LogP contribution in [0.15, 0.2) is 18.2 Å². The second-order valence-electron chi connectivity index (χ2n) is 2.82. The monoisotopic (exact) mass is 414 g/mol. The quantitative estimate of drug-likeness (QED) is 0.596. The van der Waals surface area contributed by atoms with Crippen molar-refractivity contribution >= 4 is 66.6 Å². The van der Waals surface area contributed by atoms with Crippen LogP contribution in [0.25, 0.3) is 10.1 Å². The van der Waals surface area contributed by atoms with Gasteiger partial charge in [-0.1, -0.05) is 19.1 Å². The average molecular weight is 414 g/mol. The number of halogens is 2. The first kappa shape index (κ1) is 10.2. The van der Waals surface area contributed by atoms with Crippen LogP contribution >= 0.6 is 56.5 Å². The van der Waals surface area contributed by atoms with Gasteiger partial charge in [-0.2, -0.15) is 0 Å². The minimum Gasteiger partial charge on any atom is -0.128 e. The van der Waals surface area contributed by atoms with Gasteiger partial charge < -0.3 is 0 Å². The smallest absolute Gasteiger partial charge is 0.0698 e. The normalized spacial score (nSPS) is 11.0. The Labute approximate surface area is 109 Å². The molecule has 0 bridgehead atoms. The summed E-state index contributed by atoms with van der Waals surface area (Å²) in [6.45, 7) is 2.23. The van der Waals surface area contributed by atoms with Gasteiger partial charge >= 0.3 is 0 Å². The van der Waals surface area contributed by atoms with E-state index in [-0.39, 0.29) is 0 Å².